The molecular weight excluding hydrogens is 238 g/mol. The third kappa shape index (κ3) is 4.99. The normalized spacial score (nSPS) is 11.5. The van der Waals surface area contributed by atoms with Gasteiger partial charge < -0.3 is 0 Å². The Morgan fingerprint density at radius 1 is 1.35 bits per heavy atom. The van der Waals surface area contributed by atoms with E-state index in [4.69, 9.17) is 0 Å². The minimum atomic E-state index is -3.32. The van der Waals surface area contributed by atoms with Crippen LogP contribution in [0.1, 0.15) is 30.6 Å². The van der Waals surface area contributed by atoms with E-state index in [0.717, 1.165) is 0 Å². The van der Waals surface area contributed by atoms with Crippen molar-refractivity contribution >= 4 is 22.0 Å². The molecule has 0 heterocycles. The van der Waals surface area contributed by atoms with Crippen LogP contribution in [0, 0.1) is 5.92 Å². The Bertz CT molecular complexity index is 480. The zero-order valence-corrected chi connectivity index (χ0v) is 10.8. The quantitative estimate of drug-likeness (QED) is 0.793. The highest BCUT2D eigenvalue weighted by Gasteiger charge is 2.11. The molecule has 1 aromatic rings. The molecule has 0 bridgehead atoms. The molecule has 4 nitrogen and oxygen atoms in total. The van der Waals surface area contributed by atoms with Crippen LogP contribution in [-0.2, 0) is 10.0 Å². The Morgan fingerprint density at radius 2 is 2.06 bits per heavy atom. The van der Waals surface area contributed by atoms with Crippen molar-refractivity contribution in [2.24, 2.45) is 5.92 Å². The molecule has 0 aromatic heterocycles. The summed E-state index contributed by atoms with van der Waals surface area (Å²) in [5.41, 5.74) is 0.882. The van der Waals surface area contributed by atoms with Crippen molar-refractivity contribution in [3.63, 3.8) is 0 Å². The van der Waals surface area contributed by atoms with Gasteiger partial charge in [-0.15, -0.1) is 0 Å². The number of hydrogen-bond acceptors (Lipinski definition) is 3. The van der Waals surface area contributed by atoms with Crippen LogP contribution in [0.5, 0.6) is 0 Å². The predicted octanol–water partition coefficient (Wildman–Crippen LogP) is 2.29. The minimum absolute atomic E-state index is 0.0932. The summed E-state index contributed by atoms with van der Waals surface area (Å²) in [6, 6.07) is 6.41. The molecule has 0 unspecified atom stereocenters. The Labute approximate surface area is 102 Å². The third-order valence-electron chi connectivity index (χ3n) is 2.26. The van der Waals surface area contributed by atoms with Crippen molar-refractivity contribution in [1.29, 1.82) is 0 Å². The maximum absolute atomic E-state index is 11.7. The fourth-order valence-corrected chi connectivity index (χ4v) is 2.67. The molecule has 1 rings (SSSR count). The molecule has 94 valence electrons. The number of hydrogen-bond donors (Lipinski definition) is 1. The van der Waals surface area contributed by atoms with Gasteiger partial charge in [0.25, 0.3) is 0 Å². The van der Waals surface area contributed by atoms with E-state index in [9.17, 15) is 13.2 Å². The highest BCUT2D eigenvalue weighted by molar-refractivity contribution is 7.92. The van der Waals surface area contributed by atoms with Gasteiger partial charge in [-0.2, -0.15) is 0 Å². The van der Waals surface area contributed by atoms with Crippen LogP contribution in [0.4, 0.5) is 5.69 Å². The Kier molecular flexibility index (Phi) is 4.69. The lowest BCUT2D eigenvalue weighted by Gasteiger charge is -2.09. The van der Waals surface area contributed by atoms with Gasteiger partial charge in [-0.1, -0.05) is 26.0 Å². The summed E-state index contributed by atoms with van der Waals surface area (Å²) in [6.45, 7) is 3.95. The Balaban J connectivity index is 2.72. The van der Waals surface area contributed by atoms with Gasteiger partial charge in [-0.3, -0.25) is 9.52 Å². The smallest absolute Gasteiger partial charge is 0.232 e. The second-order valence-electron chi connectivity index (χ2n) is 4.35. The van der Waals surface area contributed by atoms with Crippen LogP contribution in [0.25, 0.3) is 0 Å². The van der Waals surface area contributed by atoms with Crippen molar-refractivity contribution in [3.05, 3.63) is 29.8 Å². The van der Waals surface area contributed by atoms with Gasteiger partial charge in [-0.25, -0.2) is 8.42 Å². The van der Waals surface area contributed by atoms with E-state index in [1.807, 2.05) is 13.8 Å². The standard InChI is InChI=1S/C12H17NO3S/c1-10(2)6-7-17(15,16)13-12-5-3-4-11(8-12)9-14/h3-5,8-10,13H,6-7H2,1-2H3. The Morgan fingerprint density at radius 3 is 2.65 bits per heavy atom. The molecule has 0 radical (unpaired) electrons. The largest absolute Gasteiger partial charge is 0.298 e. The zero-order valence-electron chi connectivity index (χ0n) is 10.0. The molecule has 0 amide bonds. The lowest BCUT2D eigenvalue weighted by Crippen LogP contribution is -2.17. The predicted molar refractivity (Wildman–Crippen MR) is 68.7 cm³/mol. The molecule has 0 spiro atoms. The first-order valence-electron chi connectivity index (χ1n) is 5.48. The lowest BCUT2D eigenvalue weighted by molar-refractivity contribution is 0.112. The lowest BCUT2D eigenvalue weighted by atomic mass is 10.2. The first-order chi connectivity index (χ1) is 7.93. The number of anilines is 1. The number of carbonyl (C=O) groups excluding carboxylic acids is 1. The average molecular weight is 255 g/mol. The molecule has 0 aliphatic carbocycles. The van der Waals surface area contributed by atoms with Gasteiger partial charge in [0.2, 0.25) is 10.0 Å². The van der Waals surface area contributed by atoms with E-state index in [0.29, 0.717) is 29.9 Å². The topological polar surface area (TPSA) is 63.2 Å². The molecule has 0 saturated heterocycles. The average Bonchev–Trinajstić information content (AvgIpc) is 2.26. The van der Waals surface area contributed by atoms with E-state index in [1.54, 1.807) is 18.2 Å². The van der Waals surface area contributed by atoms with Crippen molar-refractivity contribution in [3.8, 4) is 0 Å². The van der Waals surface area contributed by atoms with Gasteiger partial charge in [0.1, 0.15) is 6.29 Å². The molecule has 0 aliphatic rings. The maximum atomic E-state index is 11.7. The molecule has 0 aliphatic heterocycles. The van der Waals surface area contributed by atoms with Gasteiger partial charge >= 0.3 is 0 Å². The van der Waals surface area contributed by atoms with E-state index >= 15 is 0 Å². The maximum Gasteiger partial charge on any atom is 0.232 e. The second-order valence-corrected chi connectivity index (χ2v) is 6.19. The summed E-state index contributed by atoms with van der Waals surface area (Å²) in [7, 11) is -3.32. The molecule has 1 N–H and O–H groups in total. The number of aldehydes is 1. The van der Waals surface area contributed by atoms with Gasteiger partial charge in [0, 0.05) is 11.3 Å². The Hall–Kier alpha value is -1.36. The van der Waals surface area contributed by atoms with Crippen LogP contribution in [0.3, 0.4) is 0 Å². The van der Waals surface area contributed by atoms with E-state index < -0.39 is 10.0 Å². The highest BCUT2D eigenvalue weighted by atomic mass is 32.2. The number of carbonyl (C=O) groups is 1. The van der Waals surface area contributed by atoms with Crippen LogP contribution in [0.15, 0.2) is 24.3 Å². The van der Waals surface area contributed by atoms with Crippen molar-refractivity contribution < 1.29 is 13.2 Å². The summed E-state index contributed by atoms with van der Waals surface area (Å²) in [4.78, 5) is 10.6. The van der Waals surface area contributed by atoms with Crippen LogP contribution in [0.2, 0.25) is 0 Å². The van der Waals surface area contributed by atoms with Crippen LogP contribution >= 0.6 is 0 Å². The van der Waals surface area contributed by atoms with Gasteiger partial charge in [0.15, 0.2) is 0 Å². The first kappa shape index (κ1) is 13.7. The molecule has 0 atom stereocenters. The number of sulfonamides is 1. The fourth-order valence-electron chi connectivity index (χ4n) is 1.30. The second kappa shape index (κ2) is 5.82. The molecule has 1 aromatic carbocycles. The first-order valence-corrected chi connectivity index (χ1v) is 7.14. The summed E-state index contributed by atoms with van der Waals surface area (Å²) in [5.74, 6) is 0.434. The van der Waals surface area contributed by atoms with E-state index in [1.165, 1.54) is 6.07 Å². The molecule has 17 heavy (non-hydrogen) atoms. The highest BCUT2D eigenvalue weighted by Crippen LogP contribution is 2.12. The van der Waals surface area contributed by atoms with E-state index in [-0.39, 0.29) is 5.75 Å². The fraction of sp³-hybridized carbons (Fsp3) is 0.417. The number of benzene rings is 1. The van der Waals surface area contributed by atoms with Gasteiger partial charge in [-0.05, 0) is 24.5 Å². The van der Waals surface area contributed by atoms with Crippen molar-refractivity contribution in [2.45, 2.75) is 20.3 Å². The molecule has 0 fully saturated rings. The third-order valence-corrected chi connectivity index (χ3v) is 3.58. The van der Waals surface area contributed by atoms with Crippen LogP contribution in [-0.4, -0.2) is 20.5 Å². The monoisotopic (exact) mass is 255 g/mol. The summed E-state index contributed by atoms with van der Waals surface area (Å²) in [5, 5.41) is 0. The number of rotatable bonds is 6. The SMILES string of the molecule is CC(C)CCS(=O)(=O)Nc1cccc(C=O)c1. The van der Waals surface area contributed by atoms with Crippen molar-refractivity contribution in [1.82, 2.24) is 0 Å². The van der Waals surface area contributed by atoms with Crippen molar-refractivity contribution in [2.75, 3.05) is 10.5 Å². The van der Waals surface area contributed by atoms with Crippen LogP contribution < -0.4 is 4.72 Å². The zero-order chi connectivity index (χ0) is 12.9. The minimum Gasteiger partial charge on any atom is -0.298 e. The summed E-state index contributed by atoms with van der Waals surface area (Å²) >= 11 is 0. The van der Waals surface area contributed by atoms with Gasteiger partial charge in [0.05, 0.1) is 5.75 Å². The number of nitrogens with one attached hydrogen (secondary N) is 1. The molecular formula is C12H17NO3S. The summed E-state index contributed by atoms with van der Waals surface area (Å²) < 4.78 is 25.9. The molecule has 5 heteroatoms. The summed E-state index contributed by atoms with van der Waals surface area (Å²) in [6.07, 6.45) is 1.30. The molecule has 0 saturated carbocycles. The van der Waals surface area contributed by atoms with E-state index in [2.05, 4.69) is 4.72 Å².